The van der Waals surface area contributed by atoms with Crippen molar-refractivity contribution in [2.45, 2.75) is 114 Å². The number of amides is 3. The lowest BCUT2D eigenvalue weighted by atomic mass is 10.2. The molecule has 0 unspecified atom stereocenters. The predicted molar refractivity (Wildman–Crippen MR) is 257 cm³/mol. The van der Waals surface area contributed by atoms with Crippen LogP contribution in [0.1, 0.15) is 106 Å². The highest BCUT2D eigenvalue weighted by Gasteiger charge is 2.34. The van der Waals surface area contributed by atoms with Crippen molar-refractivity contribution in [2.75, 3.05) is 36.9 Å². The van der Waals surface area contributed by atoms with Crippen LogP contribution in [0.25, 0.3) is 0 Å². The second kappa shape index (κ2) is 26.5. The molecule has 0 atom stereocenters. The first-order valence-electron chi connectivity index (χ1n) is 20.7. The number of imide groups is 1. The fourth-order valence-corrected chi connectivity index (χ4v) is 6.21. The number of hydrogen-bond donors (Lipinski definition) is 1. The zero-order chi connectivity index (χ0) is 49.1. The van der Waals surface area contributed by atoms with Gasteiger partial charge in [-0.25, -0.2) is 38.8 Å². The summed E-state index contributed by atoms with van der Waals surface area (Å²) in [7, 11) is 0. The molecule has 0 saturated carbocycles. The fourth-order valence-electron chi connectivity index (χ4n) is 4.83. The summed E-state index contributed by atoms with van der Waals surface area (Å²) < 4.78 is 26.5. The number of nitrogens with two attached hydrogens (primary N) is 1. The molecule has 0 radical (unpaired) electrons. The second-order valence-corrected chi connectivity index (χ2v) is 18.4. The van der Waals surface area contributed by atoms with E-state index in [4.69, 9.17) is 39.1 Å². The van der Waals surface area contributed by atoms with E-state index in [9.17, 15) is 24.0 Å². The number of oxime groups is 2. The number of ether oxygens (including phenoxy) is 5. The molecule has 366 valence electrons. The van der Waals surface area contributed by atoms with Gasteiger partial charge in [-0.15, -0.1) is 22.7 Å². The van der Waals surface area contributed by atoms with E-state index in [0.717, 1.165) is 32.3 Å². The highest BCUT2D eigenvalue weighted by molar-refractivity contribution is 7.14. The number of thiazole rings is 2. The van der Waals surface area contributed by atoms with Crippen molar-refractivity contribution in [3.8, 4) is 0 Å². The Kier molecular flexibility index (Phi) is 22.4. The number of hydrogen-bond acceptors (Lipinski definition) is 19. The molecule has 3 amide bonds. The summed E-state index contributed by atoms with van der Waals surface area (Å²) in [6.07, 6.45) is -2.70. The van der Waals surface area contributed by atoms with Crippen LogP contribution in [0.5, 0.6) is 0 Å². The highest BCUT2D eigenvalue weighted by atomic mass is 32.1. The Morgan fingerprint density at radius 1 is 0.597 bits per heavy atom. The maximum absolute atomic E-state index is 13.4. The Bertz CT molecular complexity index is 2230. The van der Waals surface area contributed by atoms with Crippen LogP contribution in [0.2, 0.25) is 0 Å². The van der Waals surface area contributed by atoms with Crippen LogP contribution in [0, 0.1) is 0 Å². The third-order valence-electron chi connectivity index (χ3n) is 7.52. The van der Waals surface area contributed by atoms with Gasteiger partial charge >= 0.3 is 30.2 Å². The van der Waals surface area contributed by atoms with E-state index in [-0.39, 0.29) is 69.2 Å². The second-order valence-electron chi connectivity index (χ2n) is 16.7. The minimum Gasteiger partial charge on any atom is -0.461 e. The zero-order valence-electron chi connectivity index (χ0n) is 39.1. The maximum Gasteiger partial charge on any atom is 0.419 e. The molecule has 0 aliphatic rings. The van der Waals surface area contributed by atoms with E-state index >= 15 is 0 Å². The minimum absolute atomic E-state index is 0. The number of rotatable bonds is 16. The van der Waals surface area contributed by atoms with Crippen LogP contribution < -0.4 is 10.6 Å². The van der Waals surface area contributed by atoms with E-state index in [1.165, 1.54) is 16.7 Å². The third-order valence-corrected chi connectivity index (χ3v) is 9.05. The molecule has 0 spiro atoms. The van der Waals surface area contributed by atoms with Gasteiger partial charge in [0.25, 0.3) is 0 Å². The molecule has 2 N–H and O–H groups in total. The summed E-state index contributed by atoms with van der Waals surface area (Å²) in [5.41, 5.74) is 4.91. The number of nitrogens with zero attached hydrogens (tertiary/aromatic N) is 6. The average molecular weight is 970 g/mol. The molecule has 2 heterocycles. The van der Waals surface area contributed by atoms with Gasteiger partial charge in [0.1, 0.15) is 41.4 Å². The molecule has 2 aromatic carbocycles. The standard InChI is InChI=1S/C31H44N4O9S.C14H15N3O3S.CH4/c1-11-40-24(36)23(33-41-19-21-15-13-12-14-16-21)22-20-45-25(32-22)34(26(37)42-29(2,3)4)17-18-35(27(38)43-30(5,6)7)28(39)44-31(8,9)10;1-2-19-13(18)12(11-9-21-14(15)16-11)17-20-8-10-6-4-3-5-7-10;/h12-16,20H,11,17-19H2,1-10H3;3-7,9H,2,8H2,1H3,(H2,15,16);1H4/b33-23-;17-12-;. The summed E-state index contributed by atoms with van der Waals surface area (Å²) in [5.74, 6) is -1.36. The topological polar surface area (TPSA) is 233 Å². The molecule has 21 heteroatoms. The third kappa shape index (κ3) is 20.6. The van der Waals surface area contributed by atoms with Crippen molar-refractivity contribution >= 4 is 74.6 Å². The van der Waals surface area contributed by atoms with Gasteiger partial charge in [0.15, 0.2) is 10.3 Å². The van der Waals surface area contributed by atoms with E-state index in [0.29, 0.717) is 10.8 Å². The molecular formula is C46H63N7O12S2. The molecule has 4 rings (SSSR count). The van der Waals surface area contributed by atoms with Crippen LogP contribution >= 0.6 is 22.7 Å². The first kappa shape index (κ1) is 56.5. The maximum atomic E-state index is 13.4. The molecule has 0 aliphatic heterocycles. The van der Waals surface area contributed by atoms with Crippen molar-refractivity contribution in [3.63, 3.8) is 0 Å². The van der Waals surface area contributed by atoms with Crippen molar-refractivity contribution in [1.82, 2.24) is 14.9 Å². The Hall–Kier alpha value is -6.61. The monoisotopic (exact) mass is 969 g/mol. The first-order valence-corrected chi connectivity index (χ1v) is 22.5. The van der Waals surface area contributed by atoms with Crippen LogP contribution in [0.15, 0.2) is 81.7 Å². The van der Waals surface area contributed by atoms with Crippen LogP contribution in [0.4, 0.5) is 24.6 Å². The van der Waals surface area contributed by atoms with Crippen LogP contribution in [-0.4, -0.2) is 99.6 Å². The Balaban J connectivity index is 0.000000582. The van der Waals surface area contributed by atoms with Gasteiger partial charge in [-0.2, -0.15) is 0 Å². The Morgan fingerprint density at radius 2 is 1.00 bits per heavy atom. The lowest BCUT2D eigenvalue weighted by molar-refractivity contribution is -0.136. The van der Waals surface area contributed by atoms with Gasteiger partial charge in [-0.3, -0.25) is 4.90 Å². The number of nitrogen functional groups attached to an aromatic ring is 1. The van der Waals surface area contributed by atoms with E-state index < -0.39 is 47.0 Å². The molecule has 0 bridgehead atoms. The minimum atomic E-state index is -0.951. The van der Waals surface area contributed by atoms with E-state index in [1.54, 1.807) is 81.5 Å². The summed E-state index contributed by atoms with van der Waals surface area (Å²) in [6, 6.07) is 18.8. The lowest BCUT2D eigenvalue weighted by Crippen LogP contribution is -2.48. The van der Waals surface area contributed by atoms with Crippen LogP contribution in [0.3, 0.4) is 0 Å². The van der Waals surface area contributed by atoms with Crippen molar-refractivity contribution in [3.05, 3.63) is 93.9 Å². The number of carbonyl (C=O) groups is 5. The largest absolute Gasteiger partial charge is 0.461 e. The number of esters is 2. The summed E-state index contributed by atoms with van der Waals surface area (Å²) in [4.78, 5) is 85.2. The lowest BCUT2D eigenvalue weighted by Gasteiger charge is -2.30. The highest BCUT2D eigenvalue weighted by Crippen LogP contribution is 2.25. The molecule has 19 nitrogen and oxygen atoms in total. The normalized spacial score (nSPS) is 11.7. The smallest absolute Gasteiger partial charge is 0.419 e. The number of anilines is 2. The van der Waals surface area contributed by atoms with Crippen molar-refractivity contribution in [2.24, 2.45) is 10.3 Å². The van der Waals surface area contributed by atoms with Gasteiger partial charge in [0, 0.05) is 17.3 Å². The summed E-state index contributed by atoms with van der Waals surface area (Å²) >= 11 is 2.23. The average Bonchev–Trinajstić information content (AvgIpc) is 3.88. The summed E-state index contributed by atoms with van der Waals surface area (Å²) in [5, 5.41) is 11.4. The van der Waals surface area contributed by atoms with Crippen LogP contribution in [-0.2, 0) is 56.2 Å². The van der Waals surface area contributed by atoms with Gasteiger partial charge in [0.2, 0.25) is 11.4 Å². The SMILES string of the molecule is C.CCOC(=O)/C(=N\OCc1ccccc1)c1csc(N(CCN(C(=O)OC(C)(C)C)C(=O)OC(C)(C)C)C(=O)OC(C)(C)C)n1.CCOC(=O)/C(=N\OCc1ccccc1)c1csc(N)n1. The van der Waals surface area contributed by atoms with Gasteiger partial charge in [-0.05, 0) is 87.3 Å². The molecule has 0 fully saturated rings. The van der Waals surface area contributed by atoms with Gasteiger partial charge < -0.3 is 39.1 Å². The zero-order valence-corrected chi connectivity index (χ0v) is 40.8. The number of benzene rings is 2. The van der Waals surface area contributed by atoms with E-state index in [2.05, 4.69) is 20.3 Å². The molecule has 2 aromatic heterocycles. The van der Waals surface area contributed by atoms with Crippen molar-refractivity contribution < 1.29 is 57.3 Å². The fraction of sp³-hybridized carbons (Fsp3) is 0.457. The van der Waals surface area contributed by atoms with Gasteiger partial charge in [0.05, 0.1) is 19.8 Å². The molecule has 4 aromatic rings. The van der Waals surface area contributed by atoms with Crippen molar-refractivity contribution in [1.29, 1.82) is 0 Å². The molecule has 67 heavy (non-hydrogen) atoms. The quantitative estimate of drug-likeness (QED) is 0.0477. The van der Waals surface area contributed by atoms with Gasteiger partial charge in [-0.1, -0.05) is 78.4 Å². The molecule has 0 aliphatic carbocycles. The predicted octanol–water partition coefficient (Wildman–Crippen LogP) is 9.39. The first-order chi connectivity index (χ1) is 31.0. The molecular weight excluding hydrogens is 907 g/mol. The summed E-state index contributed by atoms with van der Waals surface area (Å²) in [6.45, 7) is 18.5. The number of carbonyl (C=O) groups excluding carboxylic acids is 5. The Labute approximate surface area is 400 Å². The van der Waals surface area contributed by atoms with E-state index in [1.807, 2.05) is 60.7 Å². The number of aromatic nitrogens is 2. The Morgan fingerprint density at radius 3 is 1.39 bits per heavy atom. The molecule has 0 saturated heterocycles.